The van der Waals surface area contributed by atoms with Crippen LogP contribution in [0.3, 0.4) is 0 Å². The molecule has 3 N–H and O–H groups in total. The van der Waals surface area contributed by atoms with E-state index in [9.17, 15) is 0 Å². The molecule has 1 atom stereocenters. The summed E-state index contributed by atoms with van der Waals surface area (Å²) in [6.07, 6.45) is 3.45. The minimum Gasteiger partial charge on any atom is -0.368 e. The van der Waals surface area contributed by atoms with E-state index in [1.54, 1.807) is 12.4 Å². The molecule has 0 saturated heterocycles. The predicted molar refractivity (Wildman–Crippen MR) is 65.5 cm³/mol. The summed E-state index contributed by atoms with van der Waals surface area (Å²) in [7, 11) is 0. The number of nitrogen functional groups attached to an aromatic ring is 1. The Kier molecular flexibility index (Phi) is 3.34. The fraction of sp³-hybridized carbons (Fsp3) is 0.200. The number of pyridine rings is 1. The predicted octanol–water partition coefficient (Wildman–Crippen LogP) is 1.68. The van der Waals surface area contributed by atoms with Crippen molar-refractivity contribution in [3.63, 3.8) is 0 Å². The maximum absolute atomic E-state index is 5.69. The van der Waals surface area contributed by atoms with E-state index >= 15 is 0 Å². The number of aromatic nitrogens is 4. The zero-order valence-corrected chi connectivity index (χ0v) is 9.89. The lowest BCUT2D eigenvalue weighted by Gasteiger charge is -2.13. The highest BCUT2D eigenvalue weighted by molar-refractivity contribution is 6.28. The molecule has 0 amide bonds. The van der Waals surface area contributed by atoms with Gasteiger partial charge in [-0.25, -0.2) is 0 Å². The van der Waals surface area contributed by atoms with Crippen LogP contribution < -0.4 is 11.1 Å². The van der Waals surface area contributed by atoms with Gasteiger partial charge in [0.2, 0.25) is 17.2 Å². The second-order valence-corrected chi connectivity index (χ2v) is 3.77. The number of hydrogen-bond acceptors (Lipinski definition) is 6. The molecule has 2 aromatic heterocycles. The van der Waals surface area contributed by atoms with Gasteiger partial charge in [-0.1, -0.05) is 0 Å². The van der Waals surface area contributed by atoms with Gasteiger partial charge < -0.3 is 11.1 Å². The van der Waals surface area contributed by atoms with Crippen LogP contribution in [0.25, 0.3) is 0 Å². The van der Waals surface area contributed by atoms with Crippen molar-refractivity contribution in [1.82, 2.24) is 19.9 Å². The summed E-state index contributed by atoms with van der Waals surface area (Å²) >= 11 is 5.69. The van der Waals surface area contributed by atoms with E-state index < -0.39 is 0 Å². The van der Waals surface area contributed by atoms with Crippen molar-refractivity contribution in [1.29, 1.82) is 0 Å². The molecule has 2 aromatic rings. The van der Waals surface area contributed by atoms with Gasteiger partial charge in [-0.3, -0.25) is 4.98 Å². The number of nitrogens with one attached hydrogen (secondary N) is 1. The third-order valence-corrected chi connectivity index (χ3v) is 2.35. The summed E-state index contributed by atoms with van der Waals surface area (Å²) in [5, 5.41) is 3.16. The van der Waals surface area contributed by atoms with E-state index in [-0.39, 0.29) is 17.3 Å². The van der Waals surface area contributed by atoms with E-state index in [4.69, 9.17) is 17.3 Å². The number of halogens is 1. The Morgan fingerprint density at radius 1 is 1.24 bits per heavy atom. The van der Waals surface area contributed by atoms with Gasteiger partial charge >= 0.3 is 0 Å². The van der Waals surface area contributed by atoms with Crippen LogP contribution in [-0.4, -0.2) is 19.9 Å². The smallest absolute Gasteiger partial charge is 0.229 e. The number of nitrogens with two attached hydrogens (primary N) is 1. The molecule has 2 rings (SSSR count). The number of rotatable bonds is 3. The van der Waals surface area contributed by atoms with Gasteiger partial charge in [-0.2, -0.15) is 15.0 Å². The van der Waals surface area contributed by atoms with Crippen LogP contribution in [0.15, 0.2) is 24.5 Å². The van der Waals surface area contributed by atoms with E-state index in [0.717, 1.165) is 5.56 Å². The molecule has 7 heteroatoms. The number of hydrogen-bond donors (Lipinski definition) is 2. The Morgan fingerprint density at radius 2 is 1.94 bits per heavy atom. The van der Waals surface area contributed by atoms with Crippen molar-refractivity contribution in [2.45, 2.75) is 13.0 Å². The number of nitrogens with zero attached hydrogens (tertiary/aromatic N) is 4. The fourth-order valence-corrected chi connectivity index (χ4v) is 1.53. The summed E-state index contributed by atoms with van der Waals surface area (Å²) < 4.78 is 0. The first-order valence-corrected chi connectivity index (χ1v) is 5.36. The molecule has 0 bridgehead atoms. The zero-order valence-electron chi connectivity index (χ0n) is 9.13. The molecule has 0 aliphatic carbocycles. The standard InChI is InChI=1S/C10H11ClN6/c1-6(7-2-4-13-5-3-7)14-10-16-8(11)15-9(12)17-10/h2-6H,1H3,(H3,12,14,15,16,17). The lowest BCUT2D eigenvalue weighted by atomic mass is 10.1. The summed E-state index contributed by atoms with van der Waals surface area (Å²) in [6.45, 7) is 1.98. The van der Waals surface area contributed by atoms with Gasteiger partial charge in [-0.15, -0.1) is 0 Å². The third kappa shape index (κ3) is 3.01. The van der Waals surface area contributed by atoms with Gasteiger partial charge in [0.25, 0.3) is 0 Å². The molecule has 1 unspecified atom stereocenters. The van der Waals surface area contributed by atoms with Gasteiger partial charge in [0.15, 0.2) is 0 Å². The highest BCUT2D eigenvalue weighted by atomic mass is 35.5. The lowest BCUT2D eigenvalue weighted by Crippen LogP contribution is -2.11. The third-order valence-electron chi connectivity index (χ3n) is 2.18. The first-order chi connectivity index (χ1) is 8.15. The Morgan fingerprint density at radius 3 is 2.59 bits per heavy atom. The second kappa shape index (κ2) is 4.92. The van der Waals surface area contributed by atoms with Crippen molar-refractivity contribution < 1.29 is 0 Å². The SMILES string of the molecule is CC(Nc1nc(N)nc(Cl)n1)c1ccncc1. The molecule has 0 radical (unpaired) electrons. The molecule has 17 heavy (non-hydrogen) atoms. The van der Waals surface area contributed by atoms with E-state index in [1.165, 1.54) is 0 Å². The minimum atomic E-state index is 0.0240. The molecule has 0 aliphatic heterocycles. The average Bonchev–Trinajstić information content (AvgIpc) is 2.28. The molecule has 0 saturated carbocycles. The number of anilines is 2. The molecule has 2 heterocycles. The van der Waals surface area contributed by atoms with Crippen LogP contribution >= 0.6 is 11.6 Å². The topological polar surface area (TPSA) is 89.6 Å². The first kappa shape index (κ1) is 11.5. The van der Waals surface area contributed by atoms with Gasteiger partial charge in [0, 0.05) is 12.4 Å². The maximum Gasteiger partial charge on any atom is 0.229 e. The van der Waals surface area contributed by atoms with Crippen LogP contribution in [0.2, 0.25) is 5.28 Å². The van der Waals surface area contributed by atoms with Crippen molar-refractivity contribution in [3.8, 4) is 0 Å². The normalized spacial score (nSPS) is 12.1. The Balaban J connectivity index is 2.16. The van der Waals surface area contributed by atoms with Gasteiger partial charge in [-0.05, 0) is 36.2 Å². The molecule has 0 fully saturated rings. The second-order valence-electron chi connectivity index (χ2n) is 3.43. The van der Waals surface area contributed by atoms with Crippen molar-refractivity contribution in [2.24, 2.45) is 0 Å². The van der Waals surface area contributed by atoms with Crippen molar-refractivity contribution >= 4 is 23.5 Å². The van der Waals surface area contributed by atoms with E-state index in [1.807, 2.05) is 19.1 Å². The highest BCUT2D eigenvalue weighted by Crippen LogP contribution is 2.16. The molecule has 0 aromatic carbocycles. The summed E-state index contributed by atoms with van der Waals surface area (Å²) in [5.41, 5.74) is 6.54. The van der Waals surface area contributed by atoms with Crippen molar-refractivity contribution in [2.75, 3.05) is 11.1 Å². The van der Waals surface area contributed by atoms with E-state index in [2.05, 4.69) is 25.3 Å². The van der Waals surface area contributed by atoms with Crippen LogP contribution in [0.1, 0.15) is 18.5 Å². The molecular formula is C10H11ClN6. The zero-order chi connectivity index (χ0) is 12.3. The minimum absolute atomic E-state index is 0.0240. The summed E-state index contributed by atoms with van der Waals surface area (Å²) in [5.74, 6) is 0.446. The first-order valence-electron chi connectivity index (χ1n) is 4.98. The van der Waals surface area contributed by atoms with Crippen LogP contribution in [0, 0.1) is 0 Å². The maximum atomic E-state index is 5.69. The molecule has 88 valence electrons. The van der Waals surface area contributed by atoms with Crippen LogP contribution in [0.4, 0.5) is 11.9 Å². The quantitative estimate of drug-likeness (QED) is 0.861. The Hall–Kier alpha value is -1.95. The molecule has 6 nitrogen and oxygen atoms in total. The summed E-state index contributed by atoms with van der Waals surface area (Å²) in [4.78, 5) is 15.5. The largest absolute Gasteiger partial charge is 0.368 e. The molecule has 0 spiro atoms. The molecule has 0 aliphatic rings. The Labute approximate surface area is 103 Å². The van der Waals surface area contributed by atoms with Crippen LogP contribution in [0.5, 0.6) is 0 Å². The fourth-order valence-electron chi connectivity index (χ4n) is 1.36. The molecular weight excluding hydrogens is 240 g/mol. The lowest BCUT2D eigenvalue weighted by molar-refractivity contribution is 0.852. The average molecular weight is 251 g/mol. The van der Waals surface area contributed by atoms with Gasteiger partial charge in [0.1, 0.15) is 0 Å². The summed E-state index contributed by atoms with van der Waals surface area (Å²) in [6, 6.07) is 3.84. The Bertz CT molecular complexity index is 483. The van der Waals surface area contributed by atoms with Crippen molar-refractivity contribution in [3.05, 3.63) is 35.4 Å². The van der Waals surface area contributed by atoms with Gasteiger partial charge in [0.05, 0.1) is 6.04 Å². The van der Waals surface area contributed by atoms with E-state index in [0.29, 0.717) is 5.95 Å². The highest BCUT2D eigenvalue weighted by Gasteiger charge is 2.08. The van der Waals surface area contributed by atoms with Crippen LogP contribution in [-0.2, 0) is 0 Å². The monoisotopic (exact) mass is 250 g/mol.